The highest BCUT2D eigenvalue weighted by Gasteiger charge is 2.12. The minimum absolute atomic E-state index is 0.0446. The largest absolute Gasteiger partial charge is 0.399 e. The number of nitrogens with one attached hydrogen (secondary N) is 1. The third-order valence-corrected chi connectivity index (χ3v) is 2.51. The van der Waals surface area contributed by atoms with E-state index in [1.54, 1.807) is 12.1 Å². The van der Waals surface area contributed by atoms with Crippen molar-refractivity contribution < 1.29 is 4.79 Å². The second-order valence-electron chi connectivity index (χ2n) is 4.71. The number of anilines is 1. The molecule has 1 aromatic carbocycles. The number of nitrogens with zero attached hydrogens (tertiary/aromatic N) is 1. The molecule has 17 heavy (non-hydrogen) atoms. The molecule has 0 aromatic heterocycles. The summed E-state index contributed by atoms with van der Waals surface area (Å²) in [6.45, 7) is 4.70. The minimum atomic E-state index is -0.0446. The summed E-state index contributed by atoms with van der Waals surface area (Å²) in [6.07, 6.45) is 0. The summed E-state index contributed by atoms with van der Waals surface area (Å²) < 4.78 is 0. The van der Waals surface area contributed by atoms with Crippen LogP contribution in [-0.2, 0) is 0 Å². The van der Waals surface area contributed by atoms with Gasteiger partial charge >= 0.3 is 0 Å². The second kappa shape index (κ2) is 5.68. The van der Waals surface area contributed by atoms with Crippen LogP contribution >= 0.6 is 0 Å². The van der Waals surface area contributed by atoms with Gasteiger partial charge in [-0.05, 0) is 51.7 Å². The summed E-state index contributed by atoms with van der Waals surface area (Å²) in [6, 6.07) is 5.45. The van der Waals surface area contributed by atoms with E-state index in [0.717, 1.165) is 12.1 Å². The first-order valence-corrected chi connectivity index (χ1v) is 5.72. The predicted octanol–water partition coefficient (Wildman–Crippen LogP) is 1.26. The fourth-order valence-corrected chi connectivity index (χ4v) is 1.84. The Balaban J connectivity index is 2.70. The Bertz CT molecular complexity index is 402. The van der Waals surface area contributed by atoms with Crippen molar-refractivity contribution in [1.82, 2.24) is 10.2 Å². The van der Waals surface area contributed by atoms with Crippen molar-refractivity contribution in [3.05, 3.63) is 29.3 Å². The molecule has 0 saturated heterocycles. The van der Waals surface area contributed by atoms with E-state index >= 15 is 0 Å². The highest BCUT2D eigenvalue weighted by Crippen LogP contribution is 2.12. The number of nitrogens with two attached hydrogens (primary N) is 1. The number of likely N-dealkylation sites (N-methyl/N-ethyl adjacent to an activating group) is 1. The van der Waals surface area contributed by atoms with Crippen LogP contribution in [0.1, 0.15) is 22.8 Å². The van der Waals surface area contributed by atoms with Crippen LogP contribution in [0.25, 0.3) is 0 Å². The van der Waals surface area contributed by atoms with Crippen LogP contribution in [0.15, 0.2) is 18.2 Å². The van der Waals surface area contributed by atoms with E-state index < -0.39 is 0 Å². The highest BCUT2D eigenvalue weighted by molar-refractivity contribution is 5.96. The summed E-state index contributed by atoms with van der Waals surface area (Å²) in [4.78, 5) is 14.0. The zero-order valence-electron chi connectivity index (χ0n) is 10.9. The molecule has 1 unspecified atom stereocenters. The molecule has 94 valence electrons. The quantitative estimate of drug-likeness (QED) is 0.772. The Hall–Kier alpha value is -1.55. The molecule has 0 saturated carbocycles. The van der Waals surface area contributed by atoms with E-state index in [9.17, 15) is 4.79 Å². The van der Waals surface area contributed by atoms with Crippen LogP contribution in [0.2, 0.25) is 0 Å². The average molecular weight is 235 g/mol. The first kappa shape index (κ1) is 13.5. The fraction of sp³-hybridized carbons (Fsp3) is 0.462. The minimum Gasteiger partial charge on any atom is -0.399 e. The summed E-state index contributed by atoms with van der Waals surface area (Å²) in [5.74, 6) is -0.0446. The molecule has 1 amide bonds. The number of hydrogen-bond acceptors (Lipinski definition) is 3. The van der Waals surface area contributed by atoms with E-state index in [-0.39, 0.29) is 11.9 Å². The van der Waals surface area contributed by atoms with Gasteiger partial charge in [-0.15, -0.1) is 0 Å². The number of carbonyl (C=O) groups is 1. The predicted molar refractivity (Wildman–Crippen MR) is 71.1 cm³/mol. The van der Waals surface area contributed by atoms with Crippen molar-refractivity contribution in [3.63, 3.8) is 0 Å². The molecular weight excluding hydrogens is 214 g/mol. The molecule has 0 aliphatic carbocycles. The van der Waals surface area contributed by atoms with E-state index in [1.165, 1.54) is 0 Å². The van der Waals surface area contributed by atoms with E-state index in [0.29, 0.717) is 11.3 Å². The van der Waals surface area contributed by atoms with Crippen LogP contribution in [0.5, 0.6) is 0 Å². The van der Waals surface area contributed by atoms with E-state index in [1.807, 2.05) is 38.9 Å². The van der Waals surface area contributed by atoms with Gasteiger partial charge in [0.1, 0.15) is 0 Å². The summed E-state index contributed by atoms with van der Waals surface area (Å²) >= 11 is 0. The number of amides is 1. The summed E-state index contributed by atoms with van der Waals surface area (Å²) in [5, 5.41) is 2.97. The van der Waals surface area contributed by atoms with Crippen molar-refractivity contribution in [2.75, 3.05) is 26.4 Å². The maximum absolute atomic E-state index is 12.0. The lowest BCUT2D eigenvalue weighted by Crippen LogP contribution is -2.39. The lowest BCUT2D eigenvalue weighted by molar-refractivity contribution is 0.0934. The number of aryl methyl sites for hydroxylation is 1. The molecule has 1 atom stereocenters. The molecule has 4 nitrogen and oxygen atoms in total. The van der Waals surface area contributed by atoms with Crippen molar-refractivity contribution in [3.8, 4) is 0 Å². The van der Waals surface area contributed by atoms with Gasteiger partial charge in [-0.1, -0.05) is 0 Å². The maximum atomic E-state index is 12.0. The Kier molecular flexibility index (Phi) is 4.52. The Morgan fingerprint density at radius 3 is 2.65 bits per heavy atom. The SMILES string of the molecule is Cc1cc(N)ccc1C(=O)NC(C)CN(C)C. The molecule has 0 fully saturated rings. The first-order chi connectivity index (χ1) is 7.90. The van der Waals surface area contributed by atoms with Gasteiger partial charge in [0.15, 0.2) is 0 Å². The molecule has 1 aromatic rings. The van der Waals surface area contributed by atoms with Crippen LogP contribution < -0.4 is 11.1 Å². The lowest BCUT2D eigenvalue weighted by atomic mass is 10.1. The lowest BCUT2D eigenvalue weighted by Gasteiger charge is -2.18. The fourth-order valence-electron chi connectivity index (χ4n) is 1.84. The number of hydrogen-bond donors (Lipinski definition) is 2. The van der Waals surface area contributed by atoms with Gasteiger partial charge in [-0.3, -0.25) is 4.79 Å². The average Bonchev–Trinajstić information content (AvgIpc) is 2.15. The summed E-state index contributed by atoms with van der Waals surface area (Å²) in [5.41, 5.74) is 7.92. The molecule has 0 bridgehead atoms. The molecule has 0 heterocycles. The maximum Gasteiger partial charge on any atom is 0.251 e. The van der Waals surface area contributed by atoms with E-state index in [2.05, 4.69) is 5.32 Å². The van der Waals surface area contributed by atoms with Crippen LogP contribution in [0.4, 0.5) is 5.69 Å². The third kappa shape index (κ3) is 4.07. The van der Waals surface area contributed by atoms with Gasteiger partial charge in [-0.2, -0.15) is 0 Å². The Morgan fingerprint density at radius 2 is 2.12 bits per heavy atom. The highest BCUT2D eigenvalue weighted by atomic mass is 16.1. The van der Waals surface area contributed by atoms with Crippen LogP contribution in [0.3, 0.4) is 0 Å². The van der Waals surface area contributed by atoms with Gasteiger partial charge < -0.3 is 16.0 Å². The van der Waals surface area contributed by atoms with Gasteiger partial charge in [0.25, 0.3) is 5.91 Å². The number of benzene rings is 1. The topological polar surface area (TPSA) is 58.4 Å². The van der Waals surface area contributed by atoms with Crippen molar-refractivity contribution in [2.24, 2.45) is 0 Å². The van der Waals surface area contributed by atoms with Crippen molar-refractivity contribution in [1.29, 1.82) is 0 Å². The van der Waals surface area contributed by atoms with E-state index in [4.69, 9.17) is 5.73 Å². The molecule has 3 N–H and O–H groups in total. The zero-order chi connectivity index (χ0) is 13.0. The third-order valence-electron chi connectivity index (χ3n) is 2.51. The Labute approximate surface area is 103 Å². The molecule has 0 spiro atoms. The second-order valence-corrected chi connectivity index (χ2v) is 4.71. The molecular formula is C13H21N3O. The number of rotatable bonds is 4. The smallest absolute Gasteiger partial charge is 0.251 e. The van der Waals surface area contributed by atoms with Crippen molar-refractivity contribution >= 4 is 11.6 Å². The Morgan fingerprint density at radius 1 is 1.47 bits per heavy atom. The van der Waals surface area contributed by atoms with Gasteiger partial charge in [0, 0.05) is 23.8 Å². The van der Waals surface area contributed by atoms with Crippen LogP contribution in [-0.4, -0.2) is 37.5 Å². The van der Waals surface area contributed by atoms with Crippen LogP contribution in [0, 0.1) is 6.92 Å². The van der Waals surface area contributed by atoms with Gasteiger partial charge in [0.2, 0.25) is 0 Å². The van der Waals surface area contributed by atoms with Gasteiger partial charge in [-0.25, -0.2) is 0 Å². The number of carbonyl (C=O) groups excluding carboxylic acids is 1. The molecule has 0 radical (unpaired) electrons. The molecule has 4 heteroatoms. The standard InChI is InChI=1S/C13H21N3O/c1-9-7-11(14)5-6-12(9)13(17)15-10(2)8-16(3)4/h5-7,10H,8,14H2,1-4H3,(H,15,17). The molecule has 0 aliphatic heterocycles. The first-order valence-electron chi connectivity index (χ1n) is 5.72. The number of nitrogen functional groups attached to an aromatic ring is 1. The van der Waals surface area contributed by atoms with Gasteiger partial charge in [0.05, 0.1) is 0 Å². The molecule has 1 rings (SSSR count). The normalized spacial score (nSPS) is 12.5. The van der Waals surface area contributed by atoms with Crippen molar-refractivity contribution in [2.45, 2.75) is 19.9 Å². The monoisotopic (exact) mass is 235 g/mol. The molecule has 0 aliphatic rings. The zero-order valence-corrected chi connectivity index (χ0v) is 10.9. The summed E-state index contributed by atoms with van der Waals surface area (Å²) in [7, 11) is 3.97.